The van der Waals surface area contributed by atoms with Crippen molar-refractivity contribution in [3.63, 3.8) is 0 Å². The van der Waals surface area contributed by atoms with Gasteiger partial charge in [0.15, 0.2) is 6.10 Å². The maximum absolute atomic E-state index is 12.8. The van der Waals surface area contributed by atoms with Crippen LogP contribution >= 0.6 is 0 Å². The SMILES string of the molecule is CC/C=C\C/C=C\C/C=C\C/C=C\C/C=C\CCCC(=O)OC(COC(=O)CCCCCCCCCCCC)COC(=O)CCCCCCCCCCCCC/C=C\CCCCCCCCCC. The van der Waals surface area contributed by atoms with Crippen molar-refractivity contribution in [1.29, 1.82) is 0 Å². The molecule has 0 aliphatic carbocycles. The number of allylic oxidation sites excluding steroid dienone is 12. The van der Waals surface area contributed by atoms with Gasteiger partial charge in [-0.15, -0.1) is 0 Å². The van der Waals surface area contributed by atoms with Crippen LogP contribution in [-0.2, 0) is 28.6 Å². The van der Waals surface area contributed by atoms with Gasteiger partial charge in [-0.1, -0.05) is 254 Å². The van der Waals surface area contributed by atoms with Gasteiger partial charge in [0.05, 0.1) is 0 Å². The van der Waals surface area contributed by atoms with Gasteiger partial charge in [0.2, 0.25) is 0 Å². The normalized spacial score (nSPS) is 12.6. The Hall–Kier alpha value is -3.15. The number of ether oxygens (including phenoxy) is 3. The standard InChI is InChI=1S/C62H108O6/c1-4-7-10-13-16-19-22-24-26-28-29-30-31-32-33-35-36-38-40-43-46-49-52-55-61(64)67-58-59(57-66-60(63)54-51-48-45-42-21-18-15-12-9-6-3)68-62(65)56-53-50-47-44-41-39-37-34-27-25-23-20-17-14-11-8-5-2/h8,11,17,20,25,27-29,37,39,44,47,59H,4-7,9-10,12-16,18-19,21-24,26,30-36,38,40-43,45-46,48-58H2,1-3H3/b11-8-,20-17-,27-25-,29-28-,39-37-,47-44-. The van der Waals surface area contributed by atoms with Crippen LogP contribution in [0.4, 0.5) is 0 Å². The molecule has 0 aliphatic heterocycles. The van der Waals surface area contributed by atoms with Crippen LogP contribution < -0.4 is 0 Å². The lowest BCUT2D eigenvalue weighted by atomic mass is 10.0. The van der Waals surface area contributed by atoms with E-state index in [1.54, 1.807) is 0 Å². The fourth-order valence-corrected chi connectivity index (χ4v) is 8.12. The van der Waals surface area contributed by atoms with Gasteiger partial charge in [0.25, 0.3) is 0 Å². The predicted octanol–water partition coefficient (Wildman–Crippen LogP) is 19.4. The van der Waals surface area contributed by atoms with E-state index in [-0.39, 0.29) is 37.5 Å². The summed E-state index contributed by atoms with van der Waals surface area (Å²) in [6.45, 7) is 6.48. The summed E-state index contributed by atoms with van der Waals surface area (Å²) in [6.07, 6.45) is 72.0. The van der Waals surface area contributed by atoms with Crippen LogP contribution in [0.15, 0.2) is 72.9 Å². The van der Waals surface area contributed by atoms with Crippen LogP contribution in [0.1, 0.15) is 284 Å². The zero-order chi connectivity index (χ0) is 49.3. The summed E-state index contributed by atoms with van der Waals surface area (Å²) < 4.78 is 16.8. The molecule has 0 rings (SSSR count). The number of esters is 3. The molecule has 0 saturated heterocycles. The van der Waals surface area contributed by atoms with E-state index in [9.17, 15) is 14.4 Å². The van der Waals surface area contributed by atoms with Gasteiger partial charge >= 0.3 is 17.9 Å². The largest absolute Gasteiger partial charge is 0.462 e. The second-order valence-electron chi connectivity index (χ2n) is 19.2. The second-order valence-corrected chi connectivity index (χ2v) is 19.2. The monoisotopic (exact) mass is 949 g/mol. The highest BCUT2D eigenvalue weighted by Gasteiger charge is 2.19. The minimum Gasteiger partial charge on any atom is -0.462 e. The Morgan fingerprint density at radius 3 is 0.956 bits per heavy atom. The number of unbranched alkanes of at least 4 members (excludes halogenated alkanes) is 29. The molecule has 1 atom stereocenters. The first kappa shape index (κ1) is 64.8. The zero-order valence-corrected chi connectivity index (χ0v) is 44.9. The van der Waals surface area contributed by atoms with Crippen LogP contribution in [-0.4, -0.2) is 37.2 Å². The lowest BCUT2D eigenvalue weighted by molar-refractivity contribution is -0.167. The van der Waals surface area contributed by atoms with E-state index in [0.717, 1.165) is 77.0 Å². The Labute approximate surface area is 421 Å². The van der Waals surface area contributed by atoms with Gasteiger partial charge in [-0.25, -0.2) is 0 Å². The van der Waals surface area contributed by atoms with Crippen molar-refractivity contribution in [1.82, 2.24) is 0 Å². The van der Waals surface area contributed by atoms with Crippen LogP contribution in [0.25, 0.3) is 0 Å². The number of hydrogen-bond donors (Lipinski definition) is 0. The number of hydrogen-bond acceptors (Lipinski definition) is 6. The van der Waals surface area contributed by atoms with Crippen molar-refractivity contribution in [3.05, 3.63) is 72.9 Å². The van der Waals surface area contributed by atoms with Crippen LogP contribution in [0.5, 0.6) is 0 Å². The summed E-state index contributed by atoms with van der Waals surface area (Å²) >= 11 is 0. The molecule has 0 fully saturated rings. The highest BCUT2D eigenvalue weighted by molar-refractivity contribution is 5.71. The highest BCUT2D eigenvalue weighted by Crippen LogP contribution is 2.16. The molecule has 0 radical (unpaired) electrons. The average molecular weight is 950 g/mol. The molecule has 1 unspecified atom stereocenters. The van der Waals surface area contributed by atoms with Crippen molar-refractivity contribution < 1.29 is 28.6 Å². The van der Waals surface area contributed by atoms with Gasteiger partial charge in [-0.05, 0) is 83.5 Å². The Morgan fingerprint density at radius 2 is 0.588 bits per heavy atom. The molecule has 392 valence electrons. The van der Waals surface area contributed by atoms with Crippen molar-refractivity contribution in [2.45, 2.75) is 290 Å². The van der Waals surface area contributed by atoms with Crippen LogP contribution in [0.3, 0.4) is 0 Å². The van der Waals surface area contributed by atoms with Crippen LogP contribution in [0.2, 0.25) is 0 Å². The first-order valence-corrected chi connectivity index (χ1v) is 28.9. The summed E-state index contributed by atoms with van der Waals surface area (Å²) in [5.74, 6) is -0.950. The van der Waals surface area contributed by atoms with Gasteiger partial charge in [-0.2, -0.15) is 0 Å². The summed E-state index contributed by atoms with van der Waals surface area (Å²) in [5.41, 5.74) is 0. The van der Waals surface area contributed by atoms with Gasteiger partial charge < -0.3 is 14.2 Å². The second kappa shape index (κ2) is 56.4. The number of rotatable bonds is 52. The molecular weight excluding hydrogens is 841 g/mol. The summed E-state index contributed by atoms with van der Waals surface area (Å²) in [4.78, 5) is 38.0. The van der Waals surface area contributed by atoms with E-state index < -0.39 is 6.10 Å². The van der Waals surface area contributed by atoms with E-state index >= 15 is 0 Å². The minimum absolute atomic E-state index is 0.0961. The third-order valence-electron chi connectivity index (χ3n) is 12.4. The fraction of sp³-hybridized carbons (Fsp3) is 0.758. The molecular formula is C62H108O6. The van der Waals surface area contributed by atoms with Gasteiger partial charge in [0, 0.05) is 19.3 Å². The molecule has 0 spiro atoms. The van der Waals surface area contributed by atoms with E-state index in [0.29, 0.717) is 19.3 Å². The Morgan fingerprint density at radius 1 is 0.309 bits per heavy atom. The topological polar surface area (TPSA) is 78.9 Å². The molecule has 68 heavy (non-hydrogen) atoms. The lowest BCUT2D eigenvalue weighted by Gasteiger charge is -2.18. The Bertz CT molecular complexity index is 1270. The van der Waals surface area contributed by atoms with E-state index in [1.165, 1.54) is 161 Å². The molecule has 0 saturated carbocycles. The Balaban J connectivity index is 4.32. The average Bonchev–Trinajstić information content (AvgIpc) is 3.34. The third-order valence-corrected chi connectivity index (χ3v) is 12.4. The maximum atomic E-state index is 12.8. The molecule has 0 aliphatic rings. The molecule has 0 N–H and O–H groups in total. The summed E-state index contributed by atoms with van der Waals surface area (Å²) in [6, 6.07) is 0. The van der Waals surface area contributed by atoms with Crippen molar-refractivity contribution >= 4 is 17.9 Å². The zero-order valence-electron chi connectivity index (χ0n) is 44.9. The number of carbonyl (C=O) groups is 3. The molecule has 6 heteroatoms. The molecule has 0 aromatic carbocycles. The summed E-state index contributed by atoms with van der Waals surface area (Å²) in [7, 11) is 0. The van der Waals surface area contributed by atoms with Crippen molar-refractivity contribution in [2.75, 3.05) is 13.2 Å². The molecule has 0 aromatic heterocycles. The van der Waals surface area contributed by atoms with Crippen molar-refractivity contribution in [3.8, 4) is 0 Å². The molecule has 6 nitrogen and oxygen atoms in total. The van der Waals surface area contributed by atoms with Crippen LogP contribution in [0, 0.1) is 0 Å². The molecule has 0 aromatic rings. The minimum atomic E-state index is -0.803. The predicted molar refractivity (Wildman–Crippen MR) is 293 cm³/mol. The van der Waals surface area contributed by atoms with Gasteiger partial charge in [-0.3, -0.25) is 14.4 Å². The lowest BCUT2D eigenvalue weighted by Crippen LogP contribution is -2.30. The highest BCUT2D eigenvalue weighted by atomic mass is 16.6. The first-order chi connectivity index (χ1) is 33.5. The van der Waals surface area contributed by atoms with E-state index in [1.807, 2.05) is 0 Å². The number of carbonyl (C=O) groups excluding carboxylic acids is 3. The first-order valence-electron chi connectivity index (χ1n) is 28.9. The van der Waals surface area contributed by atoms with Crippen molar-refractivity contribution in [2.24, 2.45) is 0 Å². The van der Waals surface area contributed by atoms with E-state index in [4.69, 9.17) is 14.2 Å². The molecule has 0 bridgehead atoms. The van der Waals surface area contributed by atoms with E-state index in [2.05, 4.69) is 93.7 Å². The third kappa shape index (κ3) is 53.8. The molecule has 0 heterocycles. The quantitative estimate of drug-likeness (QED) is 0.0262. The molecule has 0 amide bonds. The summed E-state index contributed by atoms with van der Waals surface area (Å²) in [5, 5.41) is 0. The maximum Gasteiger partial charge on any atom is 0.306 e. The smallest absolute Gasteiger partial charge is 0.306 e. The van der Waals surface area contributed by atoms with Gasteiger partial charge in [0.1, 0.15) is 13.2 Å². The Kier molecular flexibility index (Phi) is 53.8. The fourth-order valence-electron chi connectivity index (χ4n) is 8.12.